The van der Waals surface area contributed by atoms with Crippen molar-refractivity contribution in [2.75, 3.05) is 66.5 Å². The number of nitrogens with one attached hydrogen (secondary N) is 6. The summed E-state index contributed by atoms with van der Waals surface area (Å²) in [5.41, 5.74) is 3.61. The van der Waals surface area contributed by atoms with Gasteiger partial charge in [-0.05, 0) is 125 Å². The fourth-order valence-corrected chi connectivity index (χ4v) is 12.8. The molecule has 0 aromatic heterocycles. The van der Waals surface area contributed by atoms with Gasteiger partial charge in [-0.25, -0.2) is 17.6 Å². The summed E-state index contributed by atoms with van der Waals surface area (Å²) in [6.45, 7) is 0.462. The van der Waals surface area contributed by atoms with Crippen molar-refractivity contribution in [1.29, 1.82) is 0 Å². The van der Waals surface area contributed by atoms with Crippen molar-refractivity contribution in [3.05, 3.63) is 131 Å². The van der Waals surface area contributed by atoms with Gasteiger partial charge in [0.1, 0.15) is 12.1 Å². The zero-order chi connectivity index (χ0) is 64.5. The molecule has 2 aliphatic carbocycles. The van der Waals surface area contributed by atoms with Crippen LogP contribution in [-0.4, -0.2) is 181 Å². The van der Waals surface area contributed by atoms with Crippen molar-refractivity contribution in [1.82, 2.24) is 51.5 Å². The smallest absolute Gasteiger partial charge is 0.267 e. The first kappa shape index (κ1) is 68.2. The SMILES string of the molecule is CN[C@@H](C)C(=O)N[C@H](C(=O)N1CC(F)(F)C[C@H]1CN(CCc1ccccc1)C(=O)CNC(=O)c1ccc(-c2ccc(C(=O)NCC(=O)N(CCc3ccccc3)C[C@H]3CC(F)(F)CN3C(=O)[C@@H](NC(=O)[C@H](C)NC)C3CCCCC3)cc2)cc1)C1CCCCC1. The topological polar surface area (TPSA) is 222 Å². The molecule has 0 radical (unpaired) electrons. The Morgan fingerprint density at radius 1 is 0.500 bits per heavy atom. The number of hydrogen-bond donors (Lipinski definition) is 6. The highest BCUT2D eigenvalue weighted by Crippen LogP contribution is 2.37. The Hall–Kier alpha value is -7.72. The molecule has 6 atom stereocenters. The number of benzene rings is 4. The third-order valence-electron chi connectivity index (χ3n) is 18.4. The molecule has 6 N–H and O–H groups in total. The van der Waals surface area contributed by atoms with Gasteiger partial charge >= 0.3 is 0 Å². The van der Waals surface area contributed by atoms with Crippen LogP contribution in [0.2, 0.25) is 0 Å². The van der Waals surface area contributed by atoms with E-state index in [1.165, 1.54) is 9.80 Å². The van der Waals surface area contributed by atoms with E-state index in [1.54, 1.807) is 76.5 Å². The average Bonchev–Trinajstić information content (AvgIpc) is 1.90. The van der Waals surface area contributed by atoms with Gasteiger partial charge in [-0.15, -0.1) is 0 Å². The molecule has 22 heteroatoms. The maximum absolute atomic E-state index is 15.5. The summed E-state index contributed by atoms with van der Waals surface area (Å²) in [4.78, 5) is 116. The standard InChI is InChI=1S/C68H88F4N10O8/c1-45(73-3)61(85)77-59(51-21-13-7-14-22-51)65(89)81-43-67(69,70)37-55(81)41-79(35-33-47-17-9-5-10-18-47)57(83)39-75-63(87)53-29-25-49(26-30-53)50-27-31-54(32-28-50)64(88)76-40-58(84)80(36-34-48-19-11-6-12-20-48)42-56-38-68(71,72)44-82(56)66(90)60(52-23-15-8-16-24-52)78-62(86)46(2)74-4/h5-6,9-12,17-20,25-32,45-46,51-52,55-56,59-60,73-74H,7-8,13-16,21-24,33-44H2,1-4H3,(H,75,87)(H,76,88)(H,77,85)(H,78,86)/t45-,46-,55-,56+,59-,60-/m0/s1. The molecule has 2 aliphatic heterocycles. The van der Waals surface area contributed by atoms with E-state index in [4.69, 9.17) is 0 Å². The van der Waals surface area contributed by atoms with Crippen LogP contribution < -0.4 is 31.9 Å². The normalized spacial score (nSPS) is 19.6. The van der Waals surface area contributed by atoms with Crippen LogP contribution in [0.4, 0.5) is 17.6 Å². The second-order valence-electron chi connectivity index (χ2n) is 24.8. The summed E-state index contributed by atoms with van der Waals surface area (Å²) in [7, 11) is 3.24. The maximum atomic E-state index is 15.5. The monoisotopic (exact) mass is 1250 g/mol. The Balaban J connectivity index is 0.889. The lowest BCUT2D eigenvalue weighted by Crippen LogP contribution is -2.58. The lowest BCUT2D eigenvalue weighted by Gasteiger charge is -2.36. The van der Waals surface area contributed by atoms with Gasteiger partial charge in [0.25, 0.3) is 23.7 Å². The molecule has 18 nitrogen and oxygen atoms in total. The summed E-state index contributed by atoms with van der Waals surface area (Å²) in [6.07, 6.45) is 7.40. The maximum Gasteiger partial charge on any atom is 0.267 e. The van der Waals surface area contributed by atoms with Crippen LogP contribution in [0.3, 0.4) is 0 Å². The van der Waals surface area contributed by atoms with Crippen LogP contribution >= 0.6 is 0 Å². The number of hydrogen-bond acceptors (Lipinski definition) is 10. The molecular weight excluding hydrogens is 1160 g/mol. The average molecular weight is 1250 g/mol. The zero-order valence-corrected chi connectivity index (χ0v) is 52.1. The number of carbonyl (C=O) groups is 8. The van der Waals surface area contributed by atoms with Crippen molar-refractivity contribution >= 4 is 47.3 Å². The number of halogens is 4. The second-order valence-corrected chi connectivity index (χ2v) is 24.8. The number of nitrogens with zero attached hydrogens (tertiary/aromatic N) is 4. The summed E-state index contributed by atoms with van der Waals surface area (Å²) in [5, 5.41) is 16.9. The van der Waals surface area contributed by atoms with Crippen LogP contribution in [0.15, 0.2) is 109 Å². The highest BCUT2D eigenvalue weighted by atomic mass is 19.3. The third kappa shape index (κ3) is 18.7. The number of rotatable bonds is 27. The number of likely N-dealkylation sites (tertiary alicyclic amines) is 2. The van der Waals surface area contributed by atoms with E-state index in [0.29, 0.717) is 49.7 Å². The first-order valence-electron chi connectivity index (χ1n) is 31.8. The fourth-order valence-electron chi connectivity index (χ4n) is 12.8. The van der Waals surface area contributed by atoms with Crippen molar-refractivity contribution in [2.45, 2.75) is 152 Å². The highest BCUT2D eigenvalue weighted by molar-refractivity contribution is 5.98. The zero-order valence-electron chi connectivity index (χ0n) is 52.1. The molecule has 2 heterocycles. The summed E-state index contributed by atoms with van der Waals surface area (Å²) in [6, 6.07) is 26.3. The molecule has 0 unspecified atom stereocenters. The molecule has 2 saturated carbocycles. The van der Waals surface area contributed by atoms with E-state index in [9.17, 15) is 38.4 Å². The summed E-state index contributed by atoms with van der Waals surface area (Å²) < 4.78 is 62.0. The molecule has 8 amide bonds. The number of amides is 8. The minimum atomic E-state index is -3.24. The lowest BCUT2D eigenvalue weighted by molar-refractivity contribution is -0.141. The van der Waals surface area contributed by atoms with Crippen molar-refractivity contribution in [3.63, 3.8) is 0 Å². The first-order valence-corrected chi connectivity index (χ1v) is 31.8. The molecule has 2 saturated heterocycles. The molecule has 0 spiro atoms. The molecule has 486 valence electrons. The predicted octanol–water partition coefficient (Wildman–Crippen LogP) is 6.77. The molecular formula is C68H88F4N10O8. The Kier molecular flexibility index (Phi) is 24.1. The van der Waals surface area contributed by atoms with Crippen molar-refractivity contribution < 1.29 is 55.9 Å². The Morgan fingerprint density at radius 2 is 0.844 bits per heavy atom. The minimum Gasteiger partial charge on any atom is -0.343 e. The van der Waals surface area contributed by atoms with Crippen LogP contribution in [0.25, 0.3) is 11.1 Å². The summed E-state index contributed by atoms with van der Waals surface area (Å²) in [5.74, 6) is -11.2. The van der Waals surface area contributed by atoms with Gasteiger partial charge in [0.2, 0.25) is 35.4 Å². The van der Waals surface area contributed by atoms with Crippen molar-refractivity contribution in [3.8, 4) is 11.1 Å². The third-order valence-corrected chi connectivity index (χ3v) is 18.4. The molecule has 4 fully saturated rings. The van der Waals surface area contributed by atoms with E-state index in [0.717, 1.165) is 59.5 Å². The van der Waals surface area contributed by atoms with Gasteiger partial charge in [-0.3, -0.25) is 38.4 Å². The van der Waals surface area contributed by atoms with Crippen LogP contribution in [0.5, 0.6) is 0 Å². The second kappa shape index (κ2) is 31.8. The first-order chi connectivity index (χ1) is 43.1. The van der Waals surface area contributed by atoms with Gasteiger partial charge < -0.3 is 51.5 Å². The van der Waals surface area contributed by atoms with Gasteiger partial charge in [-0.1, -0.05) is 123 Å². The van der Waals surface area contributed by atoms with Gasteiger partial charge in [0.15, 0.2) is 0 Å². The largest absolute Gasteiger partial charge is 0.343 e. The van der Waals surface area contributed by atoms with Crippen LogP contribution in [0.1, 0.15) is 123 Å². The molecule has 8 rings (SSSR count). The molecule has 4 aliphatic rings. The molecule has 4 aromatic carbocycles. The van der Waals surface area contributed by atoms with Crippen LogP contribution in [-0.2, 0) is 41.6 Å². The van der Waals surface area contributed by atoms with E-state index >= 15 is 17.6 Å². The quantitative estimate of drug-likeness (QED) is 0.0344. The number of carbonyl (C=O) groups excluding carboxylic acids is 8. The number of alkyl halides is 4. The Bertz CT molecular complexity index is 2870. The lowest BCUT2D eigenvalue weighted by atomic mass is 9.83. The molecule has 4 aromatic rings. The van der Waals surface area contributed by atoms with Gasteiger partial charge in [-0.2, -0.15) is 0 Å². The molecule has 90 heavy (non-hydrogen) atoms. The highest BCUT2D eigenvalue weighted by Gasteiger charge is 2.52. The minimum absolute atomic E-state index is 0.115. The van der Waals surface area contributed by atoms with Crippen molar-refractivity contribution in [2.24, 2.45) is 11.8 Å². The number of likely N-dealkylation sites (N-methyl/N-ethyl adjacent to an activating group) is 2. The van der Waals surface area contributed by atoms with E-state index in [2.05, 4.69) is 31.9 Å². The van der Waals surface area contributed by atoms with Gasteiger partial charge in [0.05, 0.1) is 50.3 Å². The predicted molar refractivity (Wildman–Crippen MR) is 334 cm³/mol. The van der Waals surface area contributed by atoms with E-state index in [1.807, 2.05) is 60.7 Å². The Morgan fingerprint density at radius 3 is 1.18 bits per heavy atom. The fraction of sp³-hybridized carbons (Fsp3) is 0.529. The Labute approximate surface area is 525 Å². The van der Waals surface area contributed by atoms with E-state index in [-0.39, 0.29) is 49.1 Å². The molecule has 0 bridgehead atoms. The van der Waals surface area contributed by atoms with Crippen LogP contribution in [0, 0.1) is 11.8 Å². The van der Waals surface area contributed by atoms with E-state index < -0.39 is 134 Å². The summed E-state index contributed by atoms with van der Waals surface area (Å²) >= 11 is 0. The van der Waals surface area contributed by atoms with Gasteiger partial charge in [0, 0.05) is 50.1 Å².